The molecule has 1 aliphatic carbocycles. The molecule has 2 unspecified atom stereocenters. The van der Waals surface area contributed by atoms with Crippen molar-refractivity contribution in [2.45, 2.75) is 32.1 Å². The Bertz CT molecular complexity index is 120. The second-order valence-corrected chi connectivity index (χ2v) is 3.51. The van der Waals surface area contributed by atoms with E-state index in [-0.39, 0.29) is 0 Å². The molecular weight excluding hydrogens is 136 g/mol. The summed E-state index contributed by atoms with van der Waals surface area (Å²) in [6, 6.07) is 0. The summed E-state index contributed by atoms with van der Waals surface area (Å²) < 4.78 is 0. The van der Waals surface area contributed by atoms with Crippen molar-refractivity contribution in [1.82, 2.24) is 0 Å². The van der Waals surface area contributed by atoms with Crippen LogP contribution in [0.25, 0.3) is 0 Å². The highest BCUT2D eigenvalue weighted by molar-refractivity contribution is 4.81. The van der Waals surface area contributed by atoms with Crippen LogP contribution < -0.4 is 0 Å². The third kappa shape index (κ3) is 2.33. The normalized spacial score (nSPS) is 31.7. The molecule has 1 saturated carbocycles. The summed E-state index contributed by atoms with van der Waals surface area (Å²) in [6.45, 7) is 4.12. The van der Waals surface area contributed by atoms with Crippen LogP contribution in [-0.4, -0.2) is 11.7 Å². The minimum absolute atomic E-state index is 0.374. The predicted octanol–water partition coefficient (Wildman–Crippen LogP) is 2.36. The smallest absolute Gasteiger partial charge is 0.0462 e. The summed E-state index contributed by atoms with van der Waals surface area (Å²) in [6.07, 6.45) is 8.23. The zero-order valence-corrected chi connectivity index (χ0v) is 7.13. The molecule has 0 amide bonds. The average molecular weight is 154 g/mol. The van der Waals surface area contributed by atoms with Crippen molar-refractivity contribution >= 4 is 0 Å². The van der Waals surface area contributed by atoms with E-state index in [1.54, 1.807) is 0 Å². The van der Waals surface area contributed by atoms with Gasteiger partial charge in [-0.25, -0.2) is 0 Å². The first-order chi connectivity index (χ1) is 5.38. The molecule has 0 heterocycles. The molecule has 0 saturated heterocycles. The number of aliphatic hydroxyl groups is 1. The highest BCUT2D eigenvalue weighted by atomic mass is 16.3. The van der Waals surface area contributed by atoms with Gasteiger partial charge in [0.05, 0.1) is 0 Å². The van der Waals surface area contributed by atoms with Gasteiger partial charge in [0.25, 0.3) is 0 Å². The van der Waals surface area contributed by atoms with Crippen LogP contribution in [0.5, 0.6) is 0 Å². The van der Waals surface area contributed by atoms with Gasteiger partial charge in [-0.2, -0.15) is 0 Å². The van der Waals surface area contributed by atoms with Gasteiger partial charge in [0.2, 0.25) is 0 Å². The fourth-order valence-electron chi connectivity index (χ4n) is 2.05. The highest BCUT2D eigenvalue weighted by Crippen LogP contribution is 2.31. The molecule has 0 aliphatic heterocycles. The molecule has 1 fully saturated rings. The van der Waals surface area contributed by atoms with E-state index in [0.29, 0.717) is 18.4 Å². The second-order valence-electron chi connectivity index (χ2n) is 3.51. The van der Waals surface area contributed by atoms with E-state index in [9.17, 15) is 0 Å². The Morgan fingerprint density at radius 3 is 2.45 bits per heavy atom. The Balaban J connectivity index is 2.37. The molecule has 1 heteroatoms. The van der Waals surface area contributed by atoms with Crippen LogP contribution in [0.15, 0.2) is 12.7 Å². The fourth-order valence-corrected chi connectivity index (χ4v) is 2.05. The fraction of sp³-hybridized carbons (Fsp3) is 0.800. The van der Waals surface area contributed by atoms with Gasteiger partial charge in [-0.15, -0.1) is 6.58 Å². The number of hydrogen-bond donors (Lipinski definition) is 1. The van der Waals surface area contributed by atoms with Gasteiger partial charge in [0, 0.05) is 6.61 Å². The summed E-state index contributed by atoms with van der Waals surface area (Å²) in [5.41, 5.74) is 0. The van der Waals surface area contributed by atoms with E-state index in [4.69, 9.17) is 5.11 Å². The van der Waals surface area contributed by atoms with E-state index in [1.165, 1.54) is 25.7 Å². The topological polar surface area (TPSA) is 20.2 Å². The van der Waals surface area contributed by atoms with Gasteiger partial charge in [0.15, 0.2) is 0 Å². The van der Waals surface area contributed by atoms with Gasteiger partial charge < -0.3 is 5.11 Å². The maximum absolute atomic E-state index is 9.05. The third-order valence-corrected chi connectivity index (χ3v) is 2.77. The van der Waals surface area contributed by atoms with E-state index in [0.717, 1.165) is 6.42 Å². The summed E-state index contributed by atoms with van der Waals surface area (Å²) in [5, 5.41) is 9.05. The predicted molar refractivity (Wildman–Crippen MR) is 47.3 cm³/mol. The first kappa shape index (κ1) is 8.79. The van der Waals surface area contributed by atoms with E-state index >= 15 is 0 Å². The van der Waals surface area contributed by atoms with E-state index < -0.39 is 0 Å². The molecule has 0 radical (unpaired) electrons. The van der Waals surface area contributed by atoms with Gasteiger partial charge in [0.1, 0.15) is 0 Å². The molecule has 0 bridgehead atoms. The zero-order chi connectivity index (χ0) is 8.10. The molecule has 1 rings (SSSR count). The van der Waals surface area contributed by atoms with Crippen LogP contribution in [0.1, 0.15) is 32.1 Å². The van der Waals surface area contributed by atoms with Gasteiger partial charge in [-0.3, -0.25) is 0 Å². The first-order valence-electron chi connectivity index (χ1n) is 4.60. The van der Waals surface area contributed by atoms with Crippen molar-refractivity contribution in [3.8, 4) is 0 Å². The maximum Gasteiger partial charge on any atom is 0.0462 e. The Morgan fingerprint density at radius 2 is 1.91 bits per heavy atom. The molecule has 0 aromatic heterocycles. The van der Waals surface area contributed by atoms with Crippen LogP contribution >= 0.6 is 0 Å². The van der Waals surface area contributed by atoms with Crippen LogP contribution in [0, 0.1) is 11.8 Å². The zero-order valence-electron chi connectivity index (χ0n) is 7.13. The largest absolute Gasteiger partial charge is 0.396 e. The lowest BCUT2D eigenvalue weighted by Crippen LogP contribution is -2.21. The first-order valence-corrected chi connectivity index (χ1v) is 4.60. The van der Waals surface area contributed by atoms with E-state index in [2.05, 4.69) is 6.58 Å². The summed E-state index contributed by atoms with van der Waals surface area (Å²) in [4.78, 5) is 0. The van der Waals surface area contributed by atoms with Crippen molar-refractivity contribution < 1.29 is 5.11 Å². The van der Waals surface area contributed by atoms with E-state index in [1.807, 2.05) is 6.08 Å². The number of rotatable bonds is 3. The van der Waals surface area contributed by atoms with Crippen LogP contribution in [0.4, 0.5) is 0 Å². The lowest BCUT2D eigenvalue weighted by Gasteiger charge is -2.29. The molecule has 0 aromatic carbocycles. The molecule has 64 valence electrons. The Labute approximate surface area is 69.1 Å². The summed E-state index contributed by atoms with van der Waals surface area (Å²) in [7, 11) is 0. The van der Waals surface area contributed by atoms with Crippen molar-refractivity contribution in [1.29, 1.82) is 0 Å². The van der Waals surface area contributed by atoms with Gasteiger partial charge >= 0.3 is 0 Å². The minimum atomic E-state index is 0.374. The lowest BCUT2D eigenvalue weighted by molar-refractivity contribution is 0.136. The Morgan fingerprint density at radius 1 is 1.27 bits per heavy atom. The number of aliphatic hydroxyl groups excluding tert-OH is 1. The molecule has 1 nitrogen and oxygen atoms in total. The molecule has 2 atom stereocenters. The molecular formula is C10H18O. The Hall–Kier alpha value is -0.300. The SMILES string of the molecule is C=CCC1CCCCC1CO. The van der Waals surface area contributed by atoms with Crippen LogP contribution in [-0.2, 0) is 0 Å². The molecule has 1 aliphatic rings. The van der Waals surface area contributed by atoms with Gasteiger partial charge in [-0.05, 0) is 31.1 Å². The monoisotopic (exact) mass is 154 g/mol. The molecule has 0 aromatic rings. The van der Waals surface area contributed by atoms with Crippen molar-refractivity contribution in [3.05, 3.63) is 12.7 Å². The molecule has 11 heavy (non-hydrogen) atoms. The quantitative estimate of drug-likeness (QED) is 0.619. The summed E-state index contributed by atoms with van der Waals surface area (Å²) in [5.74, 6) is 1.27. The van der Waals surface area contributed by atoms with Crippen molar-refractivity contribution in [2.24, 2.45) is 11.8 Å². The van der Waals surface area contributed by atoms with Crippen molar-refractivity contribution in [3.63, 3.8) is 0 Å². The Kier molecular flexibility index (Phi) is 3.64. The van der Waals surface area contributed by atoms with Crippen LogP contribution in [0.2, 0.25) is 0 Å². The highest BCUT2D eigenvalue weighted by Gasteiger charge is 2.22. The third-order valence-electron chi connectivity index (χ3n) is 2.77. The minimum Gasteiger partial charge on any atom is -0.396 e. The standard InChI is InChI=1S/C10H18O/c1-2-5-9-6-3-4-7-10(9)8-11/h2,9-11H,1,3-8H2. The maximum atomic E-state index is 9.05. The average Bonchev–Trinajstić information content (AvgIpc) is 2.06. The molecule has 0 spiro atoms. The van der Waals surface area contributed by atoms with Gasteiger partial charge in [-0.1, -0.05) is 18.9 Å². The summed E-state index contributed by atoms with van der Waals surface area (Å²) >= 11 is 0. The number of allylic oxidation sites excluding steroid dienone is 1. The second kappa shape index (κ2) is 4.55. The van der Waals surface area contributed by atoms with Crippen molar-refractivity contribution in [2.75, 3.05) is 6.61 Å². The molecule has 1 N–H and O–H groups in total. The number of hydrogen-bond acceptors (Lipinski definition) is 1. The lowest BCUT2D eigenvalue weighted by atomic mass is 9.78. The van der Waals surface area contributed by atoms with Crippen LogP contribution in [0.3, 0.4) is 0 Å².